The lowest BCUT2D eigenvalue weighted by Crippen LogP contribution is -2.18. The Hall–Kier alpha value is -1.82. The Morgan fingerprint density at radius 2 is 2.24 bits per heavy atom. The van der Waals surface area contributed by atoms with E-state index in [4.69, 9.17) is 17.3 Å². The van der Waals surface area contributed by atoms with Gasteiger partial charge in [0.15, 0.2) is 5.82 Å². The van der Waals surface area contributed by atoms with Crippen molar-refractivity contribution in [2.75, 3.05) is 17.7 Å². The number of hydrogen-bond donors (Lipinski definition) is 1. The quantitative estimate of drug-likeness (QED) is 0.885. The average molecular weight is 253 g/mol. The van der Waals surface area contributed by atoms with Gasteiger partial charge in [0.1, 0.15) is 5.02 Å². The van der Waals surface area contributed by atoms with Crippen LogP contribution in [0.1, 0.15) is 5.56 Å². The first-order valence-electron chi connectivity index (χ1n) is 5.03. The molecule has 6 nitrogen and oxygen atoms in total. The third kappa shape index (κ3) is 2.65. The maximum atomic E-state index is 6.02. The zero-order chi connectivity index (χ0) is 12.4. The third-order valence-electron chi connectivity index (χ3n) is 2.28. The Morgan fingerprint density at radius 3 is 2.88 bits per heavy atom. The minimum Gasteiger partial charge on any atom is -0.368 e. The first-order chi connectivity index (χ1) is 8.06. The maximum absolute atomic E-state index is 6.02. The van der Waals surface area contributed by atoms with Crippen LogP contribution in [0.5, 0.6) is 0 Å². The van der Waals surface area contributed by atoms with Gasteiger partial charge in [-0.15, -0.1) is 0 Å². The van der Waals surface area contributed by atoms with Crippen LogP contribution in [0.2, 0.25) is 5.02 Å². The van der Waals surface area contributed by atoms with Crippen LogP contribution in [0.25, 0.3) is 0 Å². The Morgan fingerprint density at radius 1 is 1.47 bits per heavy atom. The molecule has 2 heterocycles. The van der Waals surface area contributed by atoms with Gasteiger partial charge in [-0.1, -0.05) is 11.6 Å². The Balaban J connectivity index is 2.19. The second-order valence-corrected chi connectivity index (χ2v) is 4.19. The summed E-state index contributed by atoms with van der Waals surface area (Å²) >= 11 is 6.02. The second-order valence-electron chi connectivity index (χ2n) is 3.78. The summed E-state index contributed by atoms with van der Waals surface area (Å²) in [6.07, 6.45) is 5.24. The minimum atomic E-state index is 0.211. The molecule has 0 spiro atoms. The summed E-state index contributed by atoms with van der Waals surface area (Å²) in [5.41, 5.74) is 6.61. The molecule has 0 saturated carbocycles. The van der Waals surface area contributed by atoms with E-state index in [-0.39, 0.29) is 5.95 Å². The van der Waals surface area contributed by atoms with Crippen LogP contribution in [0.15, 0.2) is 18.6 Å². The lowest BCUT2D eigenvalue weighted by molar-refractivity contribution is 0.766. The van der Waals surface area contributed by atoms with Crippen LogP contribution < -0.4 is 10.6 Å². The molecule has 7 heteroatoms. The Labute approximate surface area is 104 Å². The van der Waals surface area contributed by atoms with Crippen molar-refractivity contribution in [1.29, 1.82) is 0 Å². The topological polar surface area (TPSA) is 72.9 Å². The fourth-order valence-electron chi connectivity index (χ4n) is 1.54. The molecule has 0 aromatic carbocycles. The highest BCUT2D eigenvalue weighted by Crippen LogP contribution is 2.23. The molecule has 2 aromatic rings. The van der Waals surface area contributed by atoms with Crippen LogP contribution >= 0.6 is 11.6 Å². The number of nitrogens with two attached hydrogens (primary N) is 1. The number of halogens is 1. The molecule has 2 N–H and O–H groups in total. The summed E-state index contributed by atoms with van der Waals surface area (Å²) in [6.45, 7) is 0.657. The summed E-state index contributed by atoms with van der Waals surface area (Å²) < 4.78 is 1.75. The zero-order valence-electron chi connectivity index (χ0n) is 9.63. The smallest absolute Gasteiger partial charge is 0.222 e. The van der Waals surface area contributed by atoms with Crippen molar-refractivity contribution in [3.63, 3.8) is 0 Å². The number of aryl methyl sites for hydroxylation is 1. The molecule has 0 saturated heterocycles. The highest BCUT2D eigenvalue weighted by molar-refractivity contribution is 6.32. The SMILES string of the molecule is CN(Cc1cnn(C)c1)c1nc(N)ncc1Cl. The molecule has 0 atom stereocenters. The predicted molar refractivity (Wildman–Crippen MR) is 66.8 cm³/mol. The van der Waals surface area contributed by atoms with Gasteiger partial charge in [-0.2, -0.15) is 10.1 Å². The lowest BCUT2D eigenvalue weighted by Gasteiger charge is -2.18. The van der Waals surface area contributed by atoms with E-state index in [9.17, 15) is 0 Å². The molecule has 17 heavy (non-hydrogen) atoms. The number of rotatable bonds is 3. The van der Waals surface area contributed by atoms with Crippen molar-refractivity contribution in [2.45, 2.75) is 6.54 Å². The van der Waals surface area contributed by atoms with Gasteiger partial charge in [-0.25, -0.2) is 4.98 Å². The van der Waals surface area contributed by atoms with Crippen molar-refractivity contribution in [3.8, 4) is 0 Å². The number of aromatic nitrogens is 4. The van der Waals surface area contributed by atoms with Crippen molar-refractivity contribution >= 4 is 23.4 Å². The summed E-state index contributed by atoms with van der Waals surface area (Å²) in [6, 6.07) is 0. The van der Waals surface area contributed by atoms with E-state index in [2.05, 4.69) is 15.1 Å². The standard InChI is InChI=1S/C10H13ClN6/c1-16(5-7-3-14-17(2)6-7)9-8(11)4-13-10(12)15-9/h3-4,6H,5H2,1-2H3,(H2,12,13,15). The molecule has 0 unspecified atom stereocenters. The largest absolute Gasteiger partial charge is 0.368 e. The normalized spacial score (nSPS) is 10.5. The van der Waals surface area contributed by atoms with E-state index in [1.807, 2.05) is 25.2 Å². The molecule has 0 aliphatic rings. The van der Waals surface area contributed by atoms with Crippen LogP contribution in [-0.4, -0.2) is 26.8 Å². The van der Waals surface area contributed by atoms with E-state index in [0.717, 1.165) is 5.56 Å². The van der Waals surface area contributed by atoms with Crippen LogP contribution in [0, 0.1) is 0 Å². The van der Waals surface area contributed by atoms with E-state index in [1.54, 1.807) is 10.9 Å². The molecular formula is C10H13ClN6. The summed E-state index contributed by atoms with van der Waals surface area (Å²) in [4.78, 5) is 9.83. The number of nitrogen functional groups attached to an aromatic ring is 1. The monoisotopic (exact) mass is 252 g/mol. The summed E-state index contributed by atoms with van der Waals surface area (Å²) in [5, 5.41) is 4.58. The van der Waals surface area contributed by atoms with Crippen molar-refractivity contribution in [2.24, 2.45) is 7.05 Å². The van der Waals surface area contributed by atoms with Gasteiger partial charge in [-0.3, -0.25) is 4.68 Å². The molecular weight excluding hydrogens is 240 g/mol. The van der Waals surface area contributed by atoms with Gasteiger partial charge in [0.05, 0.1) is 12.4 Å². The summed E-state index contributed by atoms with van der Waals surface area (Å²) in [5.74, 6) is 0.824. The van der Waals surface area contributed by atoms with E-state index in [0.29, 0.717) is 17.4 Å². The average Bonchev–Trinajstić information content (AvgIpc) is 2.67. The molecule has 0 aliphatic heterocycles. The van der Waals surface area contributed by atoms with Crippen molar-refractivity contribution < 1.29 is 0 Å². The number of anilines is 2. The van der Waals surface area contributed by atoms with Gasteiger partial charge in [0.25, 0.3) is 0 Å². The second kappa shape index (κ2) is 4.58. The number of hydrogen-bond acceptors (Lipinski definition) is 5. The van der Waals surface area contributed by atoms with Crippen LogP contribution in [-0.2, 0) is 13.6 Å². The van der Waals surface area contributed by atoms with E-state index >= 15 is 0 Å². The molecule has 90 valence electrons. The molecule has 2 rings (SSSR count). The molecule has 2 aromatic heterocycles. The molecule has 0 bridgehead atoms. The first-order valence-corrected chi connectivity index (χ1v) is 5.40. The fraction of sp³-hybridized carbons (Fsp3) is 0.300. The highest BCUT2D eigenvalue weighted by atomic mass is 35.5. The van der Waals surface area contributed by atoms with Gasteiger partial charge < -0.3 is 10.6 Å². The predicted octanol–water partition coefficient (Wildman–Crippen LogP) is 1.08. The van der Waals surface area contributed by atoms with Crippen LogP contribution in [0.3, 0.4) is 0 Å². The third-order valence-corrected chi connectivity index (χ3v) is 2.55. The van der Waals surface area contributed by atoms with Gasteiger partial charge >= 0.3 is 0 Å². The van der Waals surface area contributed by atoms with E-state index in [1.165, 1.54) is 6.20 Å². The van der Waals surface area contributed by atoms with Gasteiger partial charge in [-0.05, 0) is 0 Å². The van der Waals surface area contributed by atoms with Gasteiger partial charge in [0.2, 0.25) is 5.95 Å². The van der Waals surface area contributed by atoms with Crippen molar-refractivity contribution in [3.05, 3.63) is 29.2 Å². The molecule has 0 fully saturated rings. The Kier molecular flexibility index (Phi) is 3.14. The highest BCUT2D eigenvalue weighted by Gasteiger charge is 2.10. The molecule has 0 aliphatic carbocycles. The Bertz CT molecular complexity index is 523. The van der Waals surface area contributed by atoms with Crippen molar-refractivity contribution in [1.82, 2.24) is 19.7 Å². The summed E-state index contributed by atoms with van der Waals surface area (Å²) in [7, 11) is 3.76. The van der Waals surface area contributed by atoms with Gasteiger partial charge in [0, 0.05) is 32.4 Å². The number of nitrogens with zero attached hydrogens (tertiary/aromatic N) is 5. The van der Waals surface area contributed by atoms with Crippen LogP contribution in [0.4, 0.5) is 11.8 Å². The molecule has 0 radical (unpaired) electrons. The molecule has 0 amide bonds. The fourth-order valence-corrected chi connectivity index (χ4v) is 1.78. The zero-order valence-corrected chi connectivity index (χ0v) is 10.4. The van der Waals surface area contributed by atoms with E-state index < -0.39 is 0 Å². The first kappa shape index (κ1) is 11.7. The maximum Gasteiger partial charge on any atom is 0.222 e. The minimum absolute atomic E-state index is 0.211. The lowest BCUT2D eigenvalue weighted by atomic mass is 10.3.